The van der Waals surface area contributed by atoms with Crippen LogP contribution >= 0.6 is 0 Å². The predicted molar refractivity (Wildman–Crippen MR) is 75.5 cm³/mol. The van der Waals surface area contributed by atoms with Crippen LogP contribution in [0.3, 0.4) is 0 Å². The molecule has 0 unspecified atom stereocenters. The number of carbonyl (C=O) groups excluding carboxylic acids is 1. The van der Waals surface area contributed by atoms with Crippen LogP contribution in [-0.2, 0) is 6.18 Å². The fraction of sp³-hybridized carbons (Fsp3) is 0.500. The smallest absolute Gasteiger partial charge is 0.383 e. The van der Waals surface area contributed by atoms with Gasteiger partial charge in [-0.1, -0.05) is 0 Å². The molecule has 0 spiro atoms. The fourth-order valence-electron chi connectivity index (χ4n) is 2.92. The lowest BCUT2D eigenvalue weighted by molar-refractivity contribution is -0.141. The highest BCUT2D eigenvalue weighted by atomic mass is 19.4. The number of nitrogens with zero attached hydrogens (tertiary/aromatic N) is 2. The van der Waals surface area contributed by atoms with Crippen LogP contribution in [0.1, 0.15) is 46.3 Å². The van der Waals surface area contributed by atoms with E-state index in [0.717, 1.165) is 0 Å². The first-order chi connectivity index (χ1) is 11.3. The first kappa shape index (κ1) is 16.3. The van der Waals surface area contributed by atoms with E-state index < -0.39 is 23.3 Å². The average Bonchev–Trinajstić information content (AvgIpc) is 3.12. The van der Waals surface area contributed by atoms with E-state index in [9.17, 15) is 22.8 Å². The molecule has 2 aromatic heterocycles. The van der Waals surface area contributed by atoms with Gasteiger partial charge in [-0.25, -0.2) is 0 Å². The maximum atomic E-state index is 13.0. The summed E-state index contributed by atoms with van der Waals surface area (Å²) in [6, 6.07) is 1.35. The molecule has 0 atom stereocenters. The third kappa shape index (κ3) is 2.95. The number of nitrogens with one attached hydrogen (secondary N) is 2. The number of piperidine rings is 1. The molecule has 1 fully saturated rings. The van der Waals surface area contributed by atoms with Gasteiger partial charge in [-0.05, 0) is 19.8 Å². The molecule has 1 aliphatic heterocycles. The summed E-state index contributed by atoms with van der Waals surface area (Å²) in [5.74, 6) is -0.231. The summed E-state index contributed by atoms with van der Waals surface area (Å²) in [5, 5.41) is 7.65. The number of aromatic amines is 2. The maximum absolute atomic E-state index is 13.0. The topological polar surface area (TPSA) is 95.0 Å². The van der Waals surface area contributed by atoms with Crippen molar-refractivity contribution >= 4 is 5.91 Å². The number of alkyl halides is 3. The van der Waals surface area contributed by atoms with Crippen molar-refractivity contribution in [1.82, 2.24) is 20.3 Å². The molecule has 10 heteroatoms. The van der Waals surface area contributed by atoms with Crippen molar-refractivity contribution in [2.45, 2.75) is 31.9 Å². The van der Waals surface area contributed by atoms with Crippen molar-refractivity contribution in [3.05, 3.63) is 39.1 Å². The summed E-state index contributed by atoms with van der Waals surface area (Å²) in [6.07, 6.45) is -3.68. The van der Waals surface area contributed by atoms with E-state index >= 15 is 0 Å². The molecule has 0 aliphatic carbocycles. The van der Waals surface area contributed by atoms with Crippen LogP contribution in [0, 0.1) is 6.92 Å². The molecule has 3 heterocycles. The molecular formula is C14H15F3N4O3. The highest BCUT2D eigenvalue weighted by Crippen LogP contribution is 2.33. The minimum absolute atomic E-state index is 0.0412. The zero-order valence-electron chi connectivity index (χ0n) is 12.7. The standard InChI is InChI=1S/C14H15F3N4O3/c1-7-11(12(19-18-7)14(15,16)17)13(23)21-4-2-8(3-5-21)9-6-10(22)20-24-9/h6,8H,2-5H2,1H3,(H,18,19)(H,20,22). The second-order valence-electron chi connectivity index (χ2n) is 5.75. The highest BCUT2D eigenvalue weighted by molar-refractivity contribution is 5.96. The summed E-state index contributed by atoms with van der Waals surface area (Å²) in [7, 11) is 0. The van der Waals surface area contributed by atoms with Crippen molar-refractivity contribution in [3.63, 3.8) is 0 Å². The Hall–Kier alpha value is -2.52. The van der Waals surface area contributed by atoms with E-state index in [4.69, 9.17) is 4.52 Å². The third-order valence-corrected chi connectivity index (χ3v) is 4.16. The fourth-order valence-corrected chi connectivity index (χ4v) is 2.92. The lowest BCUT2D eigenvalue weighted by atomic mass is 9.94. The monoisotopic (exact) mass is 344 g/mol. The number of H-pyrrole nitrogens is 2. The van der Waals surface area contributed by atoms with Crippen molar-refractivity contribution in [2.24, 2.45) is 0 Å². The van der Waals surface area contributed by atoms with E-state index in [1.807, 2.05) is 0 Å². The average molecular weight is 344 g/mol. The lowest BCUT2D eigenvalue weighted by Crippen LogP contribution is -2.38. The van der Waals surface area contributed by atoms with Gasteiger partial charge in [0.1, 0.15) is 5.76 Å². The van der Waals surface area contributed by atoms with Crippen LogP contribution in [0.2, 0.25) is 0 Å². The Bertz CT molecular complexity index is 797. The second-order valence-corrected chi connectivity index (χ2v) is 5.75. The van der Waals surface area contributed by atoms with Gasteiger partial charge in [-0.15, -0.1) is 0 Å². The molecular weight excluding hydrogens is 329 g/mol. The Morgan fingerprint density at radius 2 is 2.04 bits per heavy atom. The van der Waals surface area contributed by atoms with Gasteiger partial charge in [-0.2, -0.15) is 23.4 Å². The van der Waals surface area contributed by atoms with E-state index in [-0.39, 0.29) is 30.3 Å². The third-order valence-electron chi connectivity index (χ3n) is 4.16. The molecule has 1 aliphatic rings. The Morgan fingerprint density at radius 1 is 1.38 bits per heavy atom. The van der Waals surface area contributed by atoms with Gasteiger partial charge in [-0.3, -0.25) is 14.7 Å². The number of likely N-dealkylation sites (tertiary alicyclic amines) is 1. The Kier molecular flexibility index (Phi) is 3.98. The first-order valence-electron chi connectivity index (χ1n) is 7.37. The number of hydrogen-bond donors (Lipinski definition) is 2. The highest BCUT2D eigenvalue weighted by Gasteiger charge is 2.41. The zero-order valence-corrected chi connectivity index (χ0v) is 12.7. The van der Waals surface area contributed by atoms with Gasteiger partial charge in [0, 0.05) is 30.8 Å². The number of aryl methyl sites for hydroxylation is 1. The molecule has 0 aromatic carbocycles. The molecule has 2 N–H and O–H groups in total. The van der Waals surface area contributed by atoms with Gasteiger partial charge in [0.2, 0.25) is 0 Å². The molecule has 1 amide bonds. The van der Waals surface area contributed by atoms with Gasteiger partial charge >= 0.3 is 6.18 Å². The van der Waals surface area contributed by atoms with Gasteiger partial charge in [0.05, 0.1) is 5.56 Å². The first-order valence-corrected chi connectivity index (χ1v) is 7.37. The largest absolute Gasteiger partial charge is 0.435 e. The number of rotatable bonds is 2. The van der Waals surface area contributed by atoms with E-state index in [0.29, 0.717) is 18.6 Å². The molecule has 3 rings (SSSR count). The number of hydrogen-bond acceptors (Lipinski definition) is 4. The van der Waals surface area contributed by atoms with Crippen LogP contribution in [-0.4, -0.2) is 39.3 Å². The Labute approximate surface area is 133 Å². The molecule has 0 bridgehead atoms. The molecule has 0 radical (unpaired) electrons. The summed E-state index contributed by atoms with van der Waals surface area (Å²) in [6.45, 7) is 1.94. The minimum Gasteiger partial charge on any atom is -0.383 e. The van der Waals surface area contributed by atoms with E-state index in [1.165, 1.54) is 17.9 Å². The molecule has 0 saturated carbocycles. The van der Waals surface area contributed by atoms with Crippen LogP contribution in [0.15, 0.2) is 15.4 Å². The van der Waals surface area contributed by atoms with Crippen molar-refractivity contribution < 1.29 is 22.5 Å². The molecule has 24 heavy (non-hydrogen) atoms. The SMILES string of the molecule is Cc1[nH]nc(C(F)(F)F)c1C(=O)N1CCC(c2cc(=O)[nH]o2)CC1. The van der Waals surface area contributed by atoms with Crippen LogP contribution in [0.4, 0.5) is 13.2 Å². The van der Waals surface area contributed by atoms with E-state index in [2.05, 4.69) is 15.4 Å². The zero-order chi connectivity index (χ0) is 17.5. The summed E-state index contributed by atoms with van der Waals surface area (Å²) < 4.78 is 44.0. The molecule has 130 valence electrons. The number of carbonyl (C=O) groups is 1. The number of amides is 1. The van der Waals surface area contributed by atoms with Crippen LogP contribution in [0.5, 0.6) is 0 Å². The second kappa shape index (κ2) is 5.84. The predicted octanol–water partition coefficient (Wildman–Crippen LogP) is 2.04. The molecule has 2 aromatic rings. The Morgan fingerprint density at radius 3 is 2.58 bits per heavy atom. The van der Waals surface area contributed by atoms with Crippen molar-refractivity contribution in [3.8, 4) is 0 Å². The Balaban J connectivity index is 1.74. The number of aromatic nitrogens is 3. The molecule has 1 saturated heterocycles. The van der Waals surface area contributed by atoms with E-state index in [1.54, 1.807) is 0 Å². The summed E-state index contributed by atoms with van der Waals surface area (Å²) in [4.78, 5) is 25.0. The number of halogens is 3. The quantitative estimate of drug-likeness (QED) is 0.871. The lowest BCUT2D eigenvalue weighted by Gasteiger charge is -2.31. The normalized spacial score (nSPS) is 16.6. The van der Waals surface area contributed by atoms with Gasteiger partial charge in [0.15, 0.2) is 5.69 Å². The minimum atomic E-state index is -4.69. The van der Waals surface area contributed by atoms with Crippen LogP contribution in [0.25, 0.3) is 0 Å². The van der Waals surface area contributed by atoms with Crippen molar-refractivity contribution in [2.75, 3.05) is 13.1 Å². The van der Waals surface area contributed by atoms with Gasteiger partial charge in [0.25, 0.3) is 11.5 Å². The van der Waals surface area contributed by atoms with Crippen LogP contribution < -0.4 is 5.56 Å². The van der Waals surface area contributed by atoms with Crippen molar-refractivity contribution in [1.29, 1.82) is 0 Å². The van der Waals surface area contributed by atoms with Gasteiger partial charge < -0.3 is 9.42 Å². The molecule has 7 nitrogen and oxygen atoms in total. The summed E-state index contributed by atoms with van der Waals surface area (Å²) in [5.41, 5.74) is -1.88. The summed E-state index contributed by atoms with van der Waals surface area (Å²) >= 11 is 0. The maximum Gasteiger partial charge on any atom is 0.435 e.